The van der Waals surface area contributed by atoms with Crippen molar-refractivity contribution in [1.29, 1.82) is 0 Å². The van der Waals surface area contributed by atoms with Crippen molar-refractivity contribution in [3.05, 3.63) is 4.73 Å². The molecule has 0 unspecified atom stereocenters. The van der Waals surface area contributed by atoms with E-state index in [2.05, 4.69) is 30.9 Å². The van der Waals surface area contributed by atoms with Crippen LogP contribution >= 0.6 is 39.0 Å². The van der Waals surface area contributed by atoms with Gasteiger partial charge in [-0.25, -0.2) is 15.0 Å². The van der Waals surface area contributed by atoms with Crippen molar-refractivity contribution in [3.63, 3.8) is 0 Å². The number of rotatable bonds is 1. The van der Waals surface area contributed by atoms with E-state index in [0.717, 1.165) is 9.73 Å². The van der Waals surface area contributed by atoms with E-state index < -0.39 is 0 Å². The Morgan fingerprint density at radius 3 is 2.85 bits per heavy atom. The van der Waals surface area contributed by atoms with Crippen LogP contribution in [0.3, 0.4) is 0 Å². The second-order valence-electron chi connectivity index (χ2n) is 2.21. The maximum Gasteiger partial charge on any atom is 0.199 e. The van der Waals surface area contributed by atoms with Gasteiger partial charge in [0.15, 0.2) is 15.5 Å². The molecule has 0 radical (unpaired) electrons. The molecule has 2 aromatic rings. The number of hydrogen-bond acceptors (Lipinski definition) is 6. The van der Waals surface area contributed by atoms with Crippen LogP contribution in [0, 0.1) is 0 Å². The zero-order valence-corrected chi connectivity index (χ0v) is 9.83. The zero-order chi connectivity index (χ0) is 9.42. The SMILES string of the molecule is CSc1nc(Br)nc2nc(N)sc12. The van der Waals surface area contributed by atoms with Gasteiger partial charge in [0, 0.05) is 0 Å². The number of halogens is 1. The molecule has 13 heavy (non-hydrogen) atoms. The van der Waals surface area contributed by atoms with Crippen LogP contribution < -0.4 is 5.73 Å². The Morgan fingerprint density at radius 2 is 2.15 bits per heavy atom. The van der Waals surface area contributed by atoms with Gasteiger partial charge < -0.3 is 5.73 Å². The summed E-state index contributed by atoms with van der Waals surface area (Å²) in [7, 11) is 0. The Labute approximate surface area is 91.1 Å². The first kappa shape index (κ1) is 9.17. The van der Waals surface area contributed by atoms with Gasteiger partial charge in [-0.05, 0) is 22.2 Å². The summed E-state index contributed by atoms with van der Waals surface area (Å²) < 4.78 is 1.50. The van der Waals surface area contributed by atoms with E-state index in [1.165, 1.54) is 11.3 Å². The molecule has 0 atom stereocenters. The molecule has 0 aliphatic carbocycles. The minimum Gasteiger partial charge on any atom is -0.375 e. The van der Waals surface area contributed by atoms with Gasteiger partial charge in [-0.15, -0.1) is 11.8 Å². The van der Waals surface area contributed by atoms with Crippen LogP contribution in [-0.2, 0) is 0 Å². The molecular weight excluding hydrogens is 272 g/mol. The largest absolute Gasteiger partial charge is 0.375 e. The molecule has 0 fully saturated rings. The number of nitrogen functional groups attached to an aromatic ring is 1. The molecule has 7 heteroatoms. The van der Waals surface area contributed by atoms with E-state index in [9.17, 15) is 0 Å². The predicted molar refractivity (Wildman–Crippen MR) is 59.1 cm³/mol. The molecule has 0 bridgehead atoms. The van der Waals surface area contributed by atoms with Gasteiger partial charge in [0.05, 0.1) is 0 Å². The van der Waals surface area contributed by atoms with Crippen LogP contribution in [0.15, 0.2) is 9.76 Å². The average molecular weight is 277 g/mol. The van der Waals surface area contributed by atoms with Gasteiger partial charge in [-0.2, -0.15) is 0 Å². The predicted octanol–water partition coefficient (Wildman–Crippen LogP) is 2.15. The first-order chi connectivity index (χ1) is 6.20. The van der Waals surface area contributed by atoms with Gasteiger partial charge in [0.1, 0.15) is 9.73 Å². The van der Waals surface area contributed by atoms with E-state index in [1.54, 1.807) is 11.8 Å². The summed E-state index contributed by atoms with van der Waals surface area (Å²) in [5.74, 6) is 0. The number of nitrogens with two attached hydrogens (primary N) is 1. The summed E-state index contributed by atoms with van der Waals surface area (Å²) >= 11 is 6.19. The molecule has 0 saturated heterocycles. The maximum absolute atomic E-state index is 5.58. The van der Waals surface area contributed by atoms with E-state index in [1.807, 2.05) is 6.26 Å². The number of aromatic nitrogens is 3. The highest BCUT2D eigenvalue weighted by Crippen LogP contribution is 2.30. The summed E-state index contributed by atoms with van der Waals surface area (Å²) in [5, 5.41) is 1.43. The van der Waals surface area contributed by atoms with Gasteiger partial charge in [-0.1, -0.05) is 11.3 Å². The molecule has 4 nitrogen and oxygen atoms in total. The molecule has 0 spiro atoms. The normalized spacial score (nSPS) is 10.9. The molecule has 0 aliphatic heterocycles. The van der Waals surface area contributed by atoms with Crippen molar-refractivity contribution in [2.24, 2.45) is 0 Å². The standard InChI is InChI=1S/C6H5BrN4S2/c1-12-4-2-3(9-5(7)11-4)10-6(8)13-2/h1H3,(H2,8,9,10,11). The average Bonchev–Trinajstić information content (AvgIpc) is 2.43. The quantitative estimate of drug-likeness (QED) is 0.491. The van der Waals surface area contributed by atoms with E-state index in [0.29, 0.717) is 15.5 Å². The highest BCUT2D eigenvalue weighted by molar-refractivity contribution is 9.10. The summed E-state index contributed by atoms with van der Waals surface area (Å²) in [6, 6.07) is 0. The molecule has 68 valence electrons. The van der Waals surface area contributed by atoms with Crippen molar-refractivity contribution in [1.82, 2.24) is 15.0 Å². The topological polar surface area (TPSA) is 64.7 Å². The van der Waals surface area contributed by atoms with Gasteiger partial charge >= 0.3 is 0 Å². The van der Waals surface area contributed by atoms with Crippen LogP contribution in [0.25, 0.3) is 10.3 Å². The number of nitrogens with zero attached hydrogens (tertiary/aromatic N) is 3. The summed E-state index contributed by atoms with van der Waals surface area (Å²) in [4.78, 5) is 12.4. The number of thioether (sulfide) groups is 1. The third-order valence-electron chi connectivity index (χ3n) is 1.41. The third kappa shape index (κ3) is 1.63. The summed E-state index contributed by atoms with van der Waals surface area (Å²) in [6.45, 7) is 0. The Bertz CT molecular complexity index is 455. The van der Waals surface area contributed by atoms with E-state index in [-0.39, 0.29) is 0 Å². The van der Waals surface area contributed by atoms with Crippen molar-refractivity contribution < 1.29 is 0 Å². The van der Waals surface area contributed by atoms with Crippen LogP contribution in [0.2, 0.25) is 0 Å². The fourth-order valence-electron chi connectivity index (χ4n) is 0.929. The minimum atomic E-state index is 0.526. The van der Waals surface area contributed by atoms with Gasteiger partial charge in [0.25, 0.3) is 0 Å². The third-order valence-corrected chi connectivity index (χ3v) is 3.45. The first-order valence-corrected chi connectivity index (χ1v) is 6.17. The monoisotopic (exact) mass is 276 g/mol. The molecule has 2 aromatic heterocycles. The molecule has 0 aliphatic rings. The maximum atomic E-state index is 5.58. The van der Waals surface area contributed by atoms with Crippen LogP contribution in [0.1, 0.15) is 0 Å². The Balaban J connectivity index is 2.80. The Hall–Kier alpha value is -0.400. The van der Waals surface area contributed by atoms with Crippen LogP contribution in [0.5, 0.6) is 0 Å². The second-order valence-corrected chi connectivity index (χ2v) is 4.74. The zero-order valence-electron chi connectivity index (χ0n) is 6.61. The Morgan fingerprint density at radius 1 is 1.38 bits per heavy atom. The van der Waals surface area contributed by atoms with Gasteiger partial charge in [-0.3, -0.25) is 0 Å². The molecule has 2 heterocycles. The molecule has 2 N–H and O–H groups in total. The molecular formula is C6H5BrN4S2. The number of hydrogen-bond donors (Lipinski definition) is 1. The molecule has 0 aromatic carbocycles. The van der Waals surface area contributed by atoms with Crippen molar-refractivity contribution in [3.8, 4) is 0 Å². The van der Waals surface area contributed by atoms with Crippen molar-refractivity contribution in [2.75, 3.05) is 12.0 Å². The Kier molecular flexibility index (Phi) is 2.39. The summed E-state index contributed by atoms with van der Waals surface area (Å²) in [6.07, 6.45) is 1.96. The lowest BCUT2D eigenvalue weighted by Crippen LogP contribution is -1.87. The molecule has 0 saturated carbocycles. The van der Waals surface area contributed by atoms with Crippen LogP contribution in [0.4, 0.5) is 5.13 Å². The van der Waals surface area contributed by atoms with Crippen molar-refractivity contribution in [2.45, 2.75) is 5.03 Å². The van der Waals surface area contributed by atoms with E-state index in [4.69, 9.17) is 5.73 Å². The van der Waals surface area contributed by atoms with Gasteiger partial charge in [0.2, 0.25) is 0 Å². The number of anilines is 1. The minimum absolute atomic E-state index is 0.526. The van der Waals surface area contributed by atoms with Crippen molar-refractivity contribution >= 4 is 54.5 Å². The highest BCUT2D eigenvalue weighted by atomic mass is 79.9. The van der Waals surface area contributed by atoms with Crippen LogP contribution in [-0.4, -0.2) is 21.2 Å². The molecule has 2 rings (SSSR count). The number of thiazole rings is 1. The fourth-order valence-corrected chi connectivity index (χ4v) is 2.88. The van der Waals surface area contributed by atoms with E-state index >= 15 is 0 Å². The smallest absolute Gasteiger partial charge is 0.199 e. The molecule has 0 amide bonds. The number of fused-ring (bicyclic) bond motifs is 1. The second kappa shape index (κ2) is 3.39. The lowest BCUT2D eigenvalue weighted by molar-refractivity contribution is 1.05. The summed E-state index contributed by atoms with van der Waals surface area (Å²) in [5.41, 5.74) is 6.24. The highest BCUT2D eigenvalue weighted by Gasteiger charge is 2.09. The lowest BCUT2D eigenvalue weighted by atomic mass is 10.6. The first-order valence-electron chi connectivity index (χ1n) is 3.34. The fraction of sp³-hybridized carbons (Fsp3) is 0.167. The lowest BCUT2D eigenvalue weighted by Gasteiger charge is -1.95.